The summed E-state index contributed by atoms with van der Waals surface area (Å²) in [6.07, 6.45) is 0. The van der Waals surface area contributed by atoms with Crippen LogP contribution in [0.25, 0.3) is 0 Å². The lowest BCUT2D eigenvalue weighted by Gasteiger charge is -2.27. The second-order valence-corrected chi connectivity index (χ2v) is 15.2. The molecule has 0 unspecified atom stereocenters. The van der Waals surface area contributed by atoms with Crippen molar-refractivity contribution in [3.05, 3.63) is 163 Å². The predicted octanol–water partition coefficient (Wildman–Crippen LogP) is 0.330. The number of hydrogen-bond donors (Lipinski definition) is 0. The number of hydrogen-bond acceptors (Lipinski definition) is 3. The molecular formula is C34H28BF5I2O3. The molecule has 0 atom stereocenters. The Morgan fingerprint density at radius 2 is 0.689 bits per heavy atom. The quantitative estimate of drug-likeness (QED) is 0.0816. The Bertz CT molecular complexity index is 1530. The monoisotopic (exact) mass is 844 g/mol. The Kier molecular flexibility index (Phi) is 14.3. The van der Waals surface area contributed by atoms with Crippen LogP contribution in [0.4, 0.5) is 22.0 Å². The zero-order valence-electron chi connectivity index (χ0n) is 24.7. The molecule has 0 radical (unpaired) electrons. The highest BCUT2D eigenvalue weighted by Gasteiger charge is 2.26. The van der Waals surface area contributed by atoms with Crippen molar-refractivity contribution in [1.82, 2.24) is 0 Å². The van der Waals surface area contributed by atoms with E-state index < -0.39 is 42.2 Å². The molecule has 3 nitrogen and oxygen atoms in total. The highest BCUT2D eigenvalue weighted by Crippen LogP contribution is 2.28. The minimum Gasteiger partial charge on any atom is -0.860 e. The van der Waals surface area contributed by atoms with Gasteiger partial charge in [-0.15, -0.1) is 0 Å². The van der Waals surface area contributed by atoms with Crippen LogP contribution in [-0.2, 0) is 0 Å². The molecule has 0 amide bonds. The number of benzene rings is 5. The summed E-state index contributed by atoms with van der Waals surface area (Å²) in [6.45, 7) is 8.81. The molecule has 0 aliphatic heterocycles. The first-order valence-electron chi connectivity index (χ1n) is 13.4. The summed E-state index contributed by atoms with van der Waals surface area (Å²) in [4.78, 5) is 0. The van der Waals surface area contributed by atoms with Crippen molar-refractivity contribution in [3.63, 3.8) is 0 Å². The molecule has 0 aromatic heterocycles. The molecule has 5 aromatic carbocycles. The molecule has 0 aliphatic rings. The fourth-order valence-electron chi connectivity index (χ4n) is 3.63. The zero-order chi connectivity index (χ0) is 33.1. The van der Waals surface area contributed by atoms with Crippen molar-refractivity contribution in [3.8, 4) is 5.75 Å². The number of rotatable bonds is 6. The topological polar surface area (TPSA) is 55.3 Å². The first-order valence-corrected chi connectivity index (χ1v) is 17.7. The van der Waals surface area contributed by atoms with Gasteiger partial charge in [0.15, 0.2) is 20.0 Å². The van der Waals surface area contributed by atoms with Gasteiger partial charge < -0.3 is 14.7 Å². The van der Waals surface area contributed by atoms with Crippen LogP contribution in [-0.4, -0.2) is 7.32 Å². The van der Waals surface area contributed by atoms with Gasteiger partial charge in [-0.05, 0) is 52.0 Å². The fraction of sp³-hybridized carbons (Fsp3) is 0.118. The smallest absolute Gasteiger partial charge is 0.358 e. The zero-order valence-corrected chi connectivity index (χ0v) is 29.0. The van der Waals surface area contributed by atoms with E-state index in [1.165, 1.54) is 36.5 Å². The van der Waals surface area contributed by atoms with Crippen LogP contribution >= 0.6 is 0 Å². The molecule has 0 spiro atoms. The fourth-order valence-corrected chi connectivity index (χ4v) is 8.85. The molecule has 0 bridgehead atoms. The molecule has 5 aromatic rings. The van der Waals surface area contributed by atoms with E-state index in [-0.39, 0.29) is 42.4 Å². The van der Waals surface area contributed by atoms with Gasteiger partial charge >= 0.3 is 42.4 Å². The molecule has 5 rings (SSSR count). The average Bonchev–Trinajstić information content (AvgIpc) is 3.02. The summed E-state index contributed by atoms with van der Waals surface area (Å²) >= 11 is -0.0295. The Morgan fingerprint density at radius 3 is 0.933 bits per heavy atom. The summed E-state index contributed by atoms with van der Waals surface area (Å²) in [5, 5.41) is 19.7. The number of aryl methyl sites for hydroxylation is 4. The first kappa shape index (κ1) is 36.5. The lowest BCUT2D eigenvalue weighted by Crippen LogP contribution is -3.62. The van der Waals surface area contributed by atoms with E-state index in [0.717, 1.165) is 0 Å². The van der Waals surface area contributed by atoms with Gasteiger partial charge in [-0.1, -0.05) is 72.8 Å². The van der Waals surface area contributed by atoms with E-state index in [2.05, 4.69) is 129 Å². The SMILES string of the molecule is Cc1ccccc1[I+]c1ccccc1C.Cc1ccccc1[I+]c1ccccc1C.[O-]B([O-])Oc1c(F)c(F)c(F)c(F)c1F. The van der Waals surface area contributed by atoms with Crippen LogP contribution in [0.5, 0.6) is 5.75 Å². The van der Waals surface area contributed by atoms with E-state index in [4.69, 9.17) is 0 Å². The minimum atomic E-state index is -3.20. The van der Waals surface area contributed by atoms with Crippen molar-refractivity contribution < 1.29 is 79.1 Å². The van der Waals surface area contributed by atoms with Gasteiger partial charge in [0.1, 0.15) is 7.32 Å². The van der Waals surface area contributed by atoms with E-state index in [9.17, 15) is 32.0 Å². The van der Waals surface area contributed by atoms with Crippen LogP contribution in [0, 0.1) is 71.1 Å². The Morgan fingerprint density at radius 1 is 0.444 bits per heavy atom. The molecule has 234 valence electrons. The van der Waals surface area contributed by atoms with Crippen LogP contribution in [0.15, 0.2) is 97.1 Å². The van der Waals surface area contributed by atoms with Gasteiger partial charge in [0.2, 0.25) is 29.1 Å². The van der Waals surface area contributed by atoms with Crippen LogP contribution < -0.4 is 57.1 Å². The van der Waals surface area contributed by atoms with Crippen molar-refractivity contribution in [2.45, 2.75) is 27.7 Å². The Balaban J connectivity index is 0.000000184. The minimum absolute atomic E-state index is 0.0147. The molecular weight excluding hydrogens is 816 g/mol. The third kappa shape index (κ3) is 10.5. The summed E-state index contributed by atoms with van der Waals surface area (Å²) in [5.74, 6) is -13.6. The predicted molar refractivity (Wildman–Crippen MR) is 152 cm³/mol. The molecule has 0 fully saturated rings. The molecule has 0 N–H and O–H groups in total. The van der Waals surface area contributed by atoms with Gasteiger partial charge in [0.25, 0.3) is 0 Å². The molecule has 0 heterocycles. The lowest BCUT2D eigenvalue weighted by molar-refractivity contribution is -0.599. The maximum atomic E-state index is 12.6. The normalized spacial score (nSPS) is 10.3. The van der Waals surface area contributed by atoms with Crippen molar-refractivity contribution in [1.29, 1.82) is 0 Å². The third-order valence-electron chi connectivity index (χ3n) is 6.10. The maximum absolute atomic E-state index is 12.6. The van der Waals surface area contributed by atoms with Crippen LogP contribution in [0.2, 0.25) is 0 Å². The second kappa shape index (κ2) is 17.6. The first-order chi connectivity index (χ1) is 21.4. The number of halogens is 7. The van der Waals surface area contributed by atoms with Gasteiger partial charge in [0.05, 0.1) is 0 Å². The molecule has 0 aliphatic carbocycles. The van der Waals surface area contributed by atoms with Crippen LogP contribution in [0.3, 0.4) is 0 Å². The maximum Gasteiger partial charge on any atom is 0.358 e. The van der Waals surface area contributed by atoms with Gasteiger partial charge in [-0.2, -0.15) is 8.78 Å². The van der Waals surface area contributed by atoms with E-state index in [0.29, 0.717) is 0 Å². The highest BCUT2D eigenvalue weighted by atomic mass is 127. The Hall–Kier alpha value is -3.01. The van der Waals surface area contributed by atoms with Gasteiger partial charge in [-0.25, -0.2) is 13.2 Å². The summed E-state index contributed by atoms with van der Waals surface area (Å²) < 4.78 is 72.0. The second-order valence-electron chi connectivity index (χ2n) is 9.49. The third-order valence-corrected chi connectivity index (χ3v) is 13.3. The highest BCUT2D eigenvalue weighted by molar-refractivity contribution is 6.29. The van der Waals surface area contributed by atoms with Gasteiger partial charge in [0, 0.05) is 22.3 Å². The standard InChI is InChI=1S/2C14H14I.C6BF5O3/c2*1-11-7-3-5-9-13(11)15-14-10-6-4-8-12(14)2;8-1-2(9)4(11)6(15-7(13)14)5(12)3(1)10/h2*3-10H,1-2H3;/q2*+1;-2. The van der Waals surface area contributed by atoms with E-state index in [1.807, 2.05) is 0 Å². The molecule has 11 heteroatoms. The molecule has 0 saturated carbocycles. The van der Waals surface area contributed by atoms with E-state index in [1.54, 1.807) is 0 Å². The largest absolute Gasteiger partial charge is 0.860 e. The summed E-state index contributed by atoms with van der Waals surface area (Å²) in [5.41, 5.74) is 5.70. The van der Waals surface area contributed by atoms with Crippen molar-refractivity contribution >= 4 is 7.32 Å². The Labute approximate surface area is 280 Å². The van der Waals surface area contributed by atoms with Crippen molar-refractivity contribution in [2.75, 3.05) is 0 Å². The summed E-state index contributed by atoms with van der Waals surface area (Å²) in [7, 11) is -3.20. The van der Waals surface area contributed by atoms with E-state index >= 15 is 0 Å². The van der Waals surface area contributed by atoms with Crippen molar-refractivity contribution in [2.24, 2.45) is 0 Å². The van der Waals surface area contributed by atoms with Crippen LogP contribution in [0.1, 0.15) is 22.3 Å². The molecule has 0 saturated heterocycles. The van der Waals surface area contributed by atoms with Gasteiger partial charge in [-0.3, -0.25) is 0 Å². The average molecular weight is 844 g/mol. The summed E-state index contributed by atoms with van der Waals surface area (Å²) in [6, 6.07) is 34.8. The lowest BCUT2D eigenvalue weighted by atomic mass is 10.2. The molecule has 45 heavy (non-hydrogen) atoms.